The SMILES string of the molecule is O=C(O)c1ccncc1NCC1CCCc2cc(N3CCCCc4ccccc43)ccc21. The minimum Gasteiger partial charge on any atom is -0.478 e. The van der Waals surface area contributed by atoms with Crippen molar-refractivity contribution in [3.8, 4) is 0 Å². The molecule has 1 aromatic heterocycles. The summed E-state index contributed by atoms with van der Waals surface area (Å²) < 4.78 is 0. The molecule has 3 aromatic rings. The molecule has 0 saturated heterocycles. The molecule has 2 N–H and O–H groups in total. The first-order valence-corrected chi connectivity index (χ1v) is 11.6. The standard InChI is InChI=1S/C27H29N3O2/c31-27(32)24-13-14-28-18-25(24)29-17-21-9-5-8-20-16-22(11-12-23(20)21)30-15-4-3-7-19-6-1-2-10-26(19)30/h1-2,6,10-14,16,18,21,29H,3-5,7-9,15,17H2,(H,31,32). The summed E-state index contributed by atoms with van der Waals surface area (Å²) in [6, 6.07) is 17.3. The van der Waals surface area contributed by atoms with E-state index in [4.69, 9.17) is 0 Å². The Hall–Kier alpha value is -3.34. The van der Waals surface area contributed by atoms with Crippen LogP contribution in [0.2, 0.25) is 0 Å². The molecule has 1 aliphatic heterocycles. The number of fused-ring (bicyclic) bond motifs is 2. The van der Waals surface area contributed by atoms with E-state index in [9.17, 15) is 9.90 Å². The number of nitrogens with one attached hydrogen (secondary N) is 1. The molecule has 0 bridgehead atoms. The quantitative estimate of drug-likeness (QED) is 0.540. The Kier molecular flexibility index (Phi) is 5.80. The van der Waals surface area contributed by atoms with Gasteiger partial charge in [0.2, 0.25) is 0 Å². The molecule has 0 fully saturated rings. The maximum Gasteiger partial charge on any atom is 0.337 e. The highest BCUT2D eigenvalue weighted by Gasteiger charge is 2.23. The third-order valence-electron chi connectivity index (χ3n) is 6.83. The van der Waals surface area contributed by atoms with Gasteiger partial charge in [-0.3, -0.25) is 4.98 Å². The van der Waals surface area contributed by atoms with Gasteiger partial charge in [0, 0.05) is 36.6 Å². The second kappa shape index (κ2) is 9.03. The van der Waals surface area contributed by atoms with Gasteiger partial charge in [-0.1, -0.05) is 24.3 Å². The van der Waals surface area contributed by atoms with Crippen molar-refractivity contribution in [3.63, 3.8) is 0 Å². The van der Waals surface area contributed by atoms with Crippen molar-refractivity contribution in [1.29, 1.82) is 0 Å². The van der Waals surface area contributed by atoms with Crippen LogP contribution in [0.15, 0.2) is 60.9 Å². The number of aryl methyl sites for hydroxylation is 2. The van der Waals surface area contributed by atoms with Gasteiger partial charge in [-0.25, -0.2) is 4.79 Å². The van der Waals surface area contributed by atoms with E-state index in [-0.39, 0.29) is 5.56 Å². The molecular formula is C27H29N3O2. The van der Waals surface area contributed by atoms with Crippen LogP contribution in [0.3, 0.4) is 0 Å². The number of carboxylic acids is 1. The summed E-state index contributed by atoms with van der Waals surface area (Å²) in [5.41, 5.74) is 7.74. The molecule has 5 rings (SSSR count). The molecule has 164 valence electrons. The van der Waals surface area contributed by atoms with Gasteiger partial charge in [-0.2, -0.15) is 0 Å². The highest BCUT2D eigenvalue weighted by molar-refractivity contribution is 5.93. The van der Waals surface area contributed by atoms with E-state index in [2.05, 4.69) is 57.7 Å². The number of aromatic nitrogens is 1. The number of carbonyl (C=O) groups is 1. The van der Waals surface area contributed by atoms with E-state index in [0.717, 1.165) is 32.2 Å². The predicted molar refractivity (Wildman–Crippen MR) is 128 cm³/mol. The average molecular weight is 428 g/mol. The summed E-state index contributed by atoms with van der Waals surface area (Å²) in [6.07, 6.45) is 10.1. The molecule has 5 nitrogen and oxygen atoms in total. The molecular weight excluding hydrogens is 398 g/mol. The number of para-hydroxylation sites is 1. The third kappa shape index (κ3) is 4.07. The molecule has 1 atom stereocenters. The Labute approximate surface area is 189 Å². The molecule has 2 aliphatic rings. The van der Waals surface area contributed by atoms with Gasteiger partial charge < -0.3 is 15.3 Å². The van der Waals surface area contributed by atoms with Crippen molar-refractivity contribution in [2.24, 2.45) is 0 Å². The molecule has 0 saturated carbocycles. The Balaban J connectivity index is 1.38. The fraction of sp³-hybridized carbons (Fsp3) is 0.333. The highest BCUT2D eigenvalue weighted by Crippen LogP contribution is 2.38. The maximum absolute atomic E-state index is 11.5. The number of benzene rings is 2. The first kappa shape index (κ1) is 20.6. The number of nitrogens with zero attached hydrogens (tertiary/aromatic N) is 2. The fourth-order valence-corrected chi connectivity index (χ4v) is 5.20. The third-order valence-corrected chi connectivity index (χ3v) is 6.83. The summed E-state index contributed by atoms with van der Waals surface area (Å²) in [7, 11) is 0. The number of carboxylic acid groups (broad SMARTS) is 1. The smallest absolute Gasteiger partial charge is 0.337 e. The maximum atomic E-state index is 11.5. The van der Waals surface area contributed by atoms with Crippen LogP contribution >= 0.6 is 0 Å². The highest BCUT2D eigenvalue weighted by atomic mass is 16.4. The lowest BCUT2D eigenvalue weighted by molar-refractivity contribution is 0.0698. The van der Waals surface area contributed by atoms with E-state index in [1.165, 1.54) is 47.1 Å². The van der Waals surface area contributed by atoms with Crippen LogP contribution < -0.4 is 10.2 Å². The Morgan fingerprint density at radius 2 is 1.94 bits per heavy atom. The van der Waals surface area contributed by atoms with Crippen molar-refractivity contribution in [1.82, 2.24) is 4.98 Å². The van der Waals surface area contributed by atoms with Crippen LogP contribution in [0, 0.1) is 0 Å². The summed E-state index contributed by atoms with van der Waals surface area (Å²) >= 11 is 0. The first-order valence-electron chi connectivity index (χ1n) is 11.6. The number of rotatable bonds is 5. The Bertz CT molecular complexity index is 1130. The van der Waals surface area contributed by atoms with Crippen LogP contribution in [0.5, 0.6) is 0 Å². The average Bonchev–Trinajstić information content (AvgIpc) is 3.05. The van der Waals surface area contributed by atoms with E-state index < -0.39 is 5.97 Å². The number of aromatic carboxylic acids is 1. The van der Waals surface area contributed by atoms with Gasteiger partial charge in [-0.05, 0) is 79.5 Å². The zero-order valence-corrected chi connectivity index (χ0v) is 18.3. The van der Waals surface area contributed by atoms with Crippen LogP contribution in [-0.4, -0.2) is 29.1 Å². The first-order chi connectivity index (χ1) is 15.7. The van der Waals surface area contributed by atoms with Gasteiger partial charge in [-0.15, -0.1) is 0 Å². The molecule has 1 aliphatic carbocycles. The summed E-state index contributed by atoms with van der Waals surface area (Å²) in [5, 5.41) is 12.8. The van der Waals surface area contributed by atoms with Gasteiger partial charge in [0.25, 0.3) is 0 Å². The largest absolute Gasteiger partial charge is 0.478 e. The Morgan fingerprint density at radius 1 is 1.06 bits per heavy atom. The van der Waals surface area contributed by atoms with Gasteiger partial charge >= 0.3 is 5.97 Å². The van der Waals surface area contributed by atoms with E-state index in [1.54, 1.807) is 12.3 Å². The van der Waals surface area contributed by atoms with E-state index in [1.807, 2.05) is 0 Å². The molecule has 2 heterocycles. The normalized spacial score (nSPS) is 17.8. The molecule has 5 heteroatoms. The number of hydrogen-bond donors (Lipinski definition) is 2. The molecule has 0 radical (unpaired) electrons. The number of hydrogen-bond acceptors (Lipinski definition) is 4. The minimum atomic E-state index is -0.929. The summed E-state index contributed by atoms with van der Waals surface area (Å²) in [5.74, 6) is -0.563. The minimum absolute atomic E-state index is 0.270. The van der Waals surface area contributed by atoms with Crippen molar-refractivity contribution in [3.05, 3.63) is 83.2 Å². The fourth-order valence-electron chi connectivity index (χ4n) is 5.20. The van der Waals surface area contributed by atoms with Crippen LogP contribution in [0.4, 0.5) is 17.1 Å². The zero-order chi connectivity index (χ0) is 21.9. The molecule has 0 spiro atoms. The van der Waals surface area contributed by atoms with Crippen molar-refractivity contribution < 1.29 is 9.90 Å². The Morgan fingerprint density at radius 3 is 2.84 bits per heavy atom. The van der Waals surface area contributed by atoms with Crippen molar-refractivity contribution in [2.45, 2.75) is 44.4 Å². The molecule has 0 amide bonds. The second-order valence-electron chi connectivity index (χ2n) is 8.82. The molecule has 32 heavy (non-hydrogen) atoms. The van der Waals surface area contributed by atoms with Gasteiger partial charge in [0.1, 0.15) is 0 Å². The second-order valence-corrected chi connectivity index (χ2v) is 8.82. The summed E-state index contributed by atoms with van der Waals surface area (Å²) in [4.78, 5) is 18.1. The van der Waals surface area contributed by atoms with Crippen LogP contribution in [0.25, 0.3) is 0 Å². The lowest BCUT2D eigenvalue weighted by Crippen LogP contribution is -2.21. The zero-order valence-electron chi connectivity index (χ0n) is 18.3. The van der Waals surface area contributed by atoms with E-state index in [0.29, 0.717) is 18.2 Å². The lowest BCUT2D eigenvalue weighted by atomic mass is 9.82. The van der Waals surface area contributed by atoms with Crippen molar-refractivity contribution >= 4 is 23.0 Å². The van der Waals surface area contributed by atoms with Crippen LogP contribution in [-0.2, 0) is 12.8 Å². The van der Waals surface area contributed by atoms with E-state index >= 15 is 0 Å². The predicted octanol–water partition coefficient (Wildman–Crippen LogP) is 5.79. The monoisotopic (exact) mass is 427 g/mol. The molecule has 2 aromatic carbocycles. The summed E-state index contributed by atoms with van der Waals surface area (Å²) in [6.45, 7) is 1.77. The van der Waals surface area contributed by atoms with Crippen LogP contribution in [0.1, 0.15) is 58.6 Å². The van der Waals surface area contributed by atoms with Gasteiger partial charge in [0.15, 0.2) is 0 Å². The van der Waals surface area contributed by atoms with Crippen molar-refractivity contribution in [2.75, 3.05) is 23.3 Å². The number of pyridine rings is 1. The topological polar surface area (TPSA) is 65.5 Å². The number of anilines is 3. The van der Waals surface area contributed by atoms with Gasteiger partial charge in [0.05, 0.1) is 17.4 Å². The lowest BCUT2D eigenvalue weighted by Gasteiger charge is -2.30. The molecule has 1 unspecified atom stereocenters.